The Labute approximate surface area is 153 Å². The van der Waals surface area contributed by atoms with Crippen molar-refractivity contribution < 1.29 is 4.79 Å². The molecule has 0 unspecified atom stereocenters. The number of rotatable bonds is 4. The third kappa shape index (κ3) is 2.82. The van der Waals surface area contributed by atoms with Crippen molar-refractivity contribution in [2.75, 3.05) is 10.6 Å². The number of aromatic nitrogens is 5. The van der Waals surface area contributed by atoms with E-state index in [4.69, 9.17) is 0 Å². The van der Waals surface area contributed by atoms with E-state index in [0.29, 0.717) is 10.0 Å². The maximum absolute atomic E-state index is 12.7. The van der Waals surface area contributed by atoms with Crippen molar-refractivity contribution in [1.29, 1.82) is 0 Å². The summed E-state index contributed by atoms with van der Waals surface area (Å²) in [4.78, 5) is 17.5. The maximum atomic E-state index is 12.7. The zero-order valence-electron chi connectivity index (χ0n) is 14.5. The number of benzene rings is 1. The fourth-order valence-electron chi connectivity index (χ4n) is 2.64. The third-order valence-corrected chi connectivity index (χ3v) is 5.19. The molecule has 3 N–H and O–H groups in total. The minimum Gasteiger partial charge on any atom is -0.329 e. The number of nitrogens with one attached hydrogen (secondary N) is 3. The molecule has 0 fully saturated rings. The van der Waals surface area contributed by atoms with E-state index in [2.05, 4.69) is 30.9 Å². The smallest absolute Gasteiger partial charge is 0.267 e. The van der Waals surface area contributed by atoms with Gasteiger partial charge in [-0.2, -0.15) is 10.2 Å². The summed E-state index contributed by atoms with van der Waals surface area (Å²) in [5, 5.41) is 18.8. The standard InChI is InChI=1S/C17H17N7OS/c1-9-4-5-12-11(6-19-23-12)15(9)22-16(25)14-8-18-17(26-14)21-13-7-20-24(3)10(13)2/h4-8H,1-3H3,(H,18,21)(H,19,23)(H,22,25). The van der Waals surface area contributed by atoms with Crippen molar-refractivity contribution in [3.8, 4) is 0 Å². The lowest BCUT2D eigenvalue weighted by Crippen LogP contribution is -2.11. The Hall–Kier alpha value is -3.20. The molecule has 0 aliphatic rings. The molecule has 3 heterocycles. The maximum Gasteiger partial charge on any atom is 0.267 e. The Morgan fingerprint density at radius 2 is 2.08 bits per heavy atom. The molecule has 8 nitrogen and oxygen atoms in total. The van der Waals surface area contributed by atoms with Gasteiger partial charge in [-0.3, -0.25) is 14.6 Å². The largest absolute Gasteiger partial charge is 0.329 e. The predicted octanol–water partition coefficient (Wildman–Crippen LogP) is 3.37. The second kappa shape index (κ2) is 6.26. The van der Waals surface area contributed by atoms with Gasteiger partial charge in [0.2, 0.25) is 0 Å². The van der Waals surface area contributed by atoms with Crippen LogP contribution in [-0.2, 0) is 7.05 Å². The number of aryl methyl sites for hydroxylation is 2. The van der Waals surface area contributed by atoms with Crippen LogP contribution in [0.1, 0.15) is 20.9 Å². The van der Waals surface area contributed by atoms with Gasteiger partial charge in [0.1, 0.15) is 4.88 Å². The molecule has 0 bridgehead atoms. The molecule has 9 heteroatoms. The van der Waals surface area contributed by atoms with Crippen molar-refractivity contribution >= 4 is 44.7 Å². The van der Waals surface area contributed by atoms with Crippen LogP contribution in [0.15, 0.2) is 30.7 Å². The first kappa shape index (κ1) is 16.3. The van der Waals surface area contributed by atoms with Gasteiger partial charge in [0.25, 0.3) is 5.91 Å². The van der Waals surface area contributed by atoms with Crippen LogP contribution in [-0.4, -0.2) is 30.9 Å². The fraction of sp³-hybridized carbons (Fsp3) is 0.176. The molecule has 0 aliphatic carbocycles. The van der Waals surface area contributed by atoms with E-state index >= 15 is 0 Å². The lowest BCUT2D eigenvalue weighted by atomic mass is 10.1. The summed E-state index contributed by atoms with van der Waals surface area (Å²) in [6.07, 6.45) is 5.01. The van der Waals surface area contributed by atoms with Crippen LogP contribution in [0.2, 0.25) is 0 Å². The van der Waals surface area contributed by atoms with Crippen LogP contribution in [0, 0.1) is 13.8 Å². The first-order valence-corrected chi connectivity index (χ1v) is 8.80. The normalized spacial score (nSPS) is 11.0. The average molecular weight is 367 g/mol. The van der Waals surface area contributed by atoms with Gasteiger partial charge in [0.15, 0.2) is 5.13 Å². The van der Waals surface area contributed by atoms with E-state index in [1.165, 1.54) is 11.3 Å². The predicted molar refractivity (Wildman–Crippen MR) is 102 cm³/mol. The number of carbonyl (C=O) groups excluding carboxylic acids is 1. The molecule has 132 valence electrons. The van der Waals surface area contributed by atoms with Crippen molar-refractivity contribution in [3.05, 3.63) is 46.9 Å². The van der Waals surface area contributed by atoms with E-state index < -0.39 is 0 Å². The monoisotopic (exact) mass is 367 g/mol. The topological polar surface area (TPSA) is 101 Å². The highest BCUT2D eigenvalue weighted by Gasteiger charge is 2.15. The molecule has 0 aliphatic heterocycles. The summed E-state index contributed by atoms with van der Waals surface area (Å²) >= 11 is 1.29. The van der Waals surface area contributed by atoms with Crippen LogP contribution < -0.4 is 10.6 Å². The zero-order chi connectivity index (χ0) is 18.3. The van der Waals surface area contributed by atoms with Crippen LogP contribution >= 0.6 is 11.3 Å². The van der Waals surface area contributed by atoms with Crippen LogP contribution in [0.5, 0.6) is 0 Å². The minimum atomic E-state index is -0.199. The van der Waals surface area contributed by atoms with Crippen molar-refractivity contribution in [2.24, 2.45) is 7.05 Å². The molecule has 0 saturated heterocycles. The Morgan fingerprint density at radius 1 is 1.23 bits per heavy atom. The molecule has 0 atom stereocenters. The summed E-state index contributed by atoms with van der Waals surface area (Å²) < 4.78 is 1.78. The second-order valence-electron chi connectivity index (χ2n) is 5.96. The third-order valence-electron chi connectivity index (χ3n) is 4.28. The van der Waals surface area contributed by atoms with E-state index in [9.17, 15) is 4.79 Å². The number of nitrogens with zero attached hydrogens (tertiary/aromatic N) is 4. The van der Waals surface area contributed by atoms with Gasteiger partial charge in [0, 0.05) is 12.4 Å². The Bertz CT molecular complexity index is 1110. The first-order chi connectivity index (χ1) is 12.5. The number of H-pyrrole nitrogens is 1. The number of thiazole rings is 1. The number of fused-ring (bicyclic) bond motifs is 1. The second-order valence-corrected chi connectivity index (χ2v) is 7.00. The molecule has 0 saturated carbocycles. The van der Waals surface area contributed by atoms with Crippen molar-refractivity contribution in [3.63, 3.8) is 0 Å². The Balaban J connectivity index is 1.55. The molecule has 1 amide bonds. The van der Waals surface area contributed by atoms with Gasteiger partial charge in [-0.1, -0.05) is 17.4 Å². The molecule has 1 aromatic carbocycles. The summed E-state index contributed by atoms with van der Waals surface area (Å²) in [6.45, 7) is 3.91. The lowest BCUT2D eigenvalue weighted by Gasteiger charge is -2.08. The summed E-state index contributed by atoms with van der Waals surface area (Å²) in [7, 11) is 1.88. The number of amides is 1. The molecule has 3 aromatic heterocycles. The lowest BCUT2D eigenvalue weighted by molar-refractivity contribution is 0.103. The van der Waals surface area contributed by atoms with Gasteiger partial charge in [0.05, 0.1) is 41.2 Å². The quantitative estimate of drug-likeness (QED) is 0.513. The van der Waals surface area contributed by atoms with Gasteiger partial charge in [-0.25, -0.2) is 4.98 Å². The van der Waals surface area contributed by atoms with Gasteiger partial charge < -0.3 is 10.6 Å². The van der Waals surface area contributed by atoms with Gasteiger partial charge in [-0.15, -0.1) is 0 Å². The number of hydrogen-bond acceptors (Lipinski definition) is 6. The van der Waals surface area contributed by atoms with Crippen LogP contribution in [0.25, 0.3) is 10.9 Å². The molecule has 0 radical (unpaired) electrons. The molecule has 4 rings (SSSR count). The summed E-state index contributed by atoms with van der Waals surface area (Å²) in [5.74, 6) is -0.199. The molecule has 26 heavy (non-hydrogen) atoms. The van der Waals surface area contributed by atoms with E-state index in [1.807, 2.05) is 33.0 Å². The highest BCUT2D eigenvalue weighted by Crippen LogP contribution is 2.28. The molecule has 4 aromatic rings. The highest BCUT2D eigenvalue weighted by molar-refractivity contribution is 7.17. The Kier molecular flexibility index (Phi) is 3.92. The summed E-state index contributed by atoms with van der Waals surface area (Å²) in [5.41, 5.74) is 4.47. The van der Waals surface area contributed by atoms with E-state index in [0.717, 1.165) is 33.5 Å². The Morgan fingerprint density at radius 3 is 2.85 bits per heavy atom. The van der Waals surface area contributed by atoms with E-state index in [1.54, 1.807) is 23.3 Å². The van der Waals surface area contributed by atoms with Crippen molar-refractivity contribution in [2.45, 2.75) is 13.8 Å². The SMILES string of the molecule is Cc1ccc2[nH]ncc2c1NC(=O)c1cnc(Nc2cnn(C)c2C)s1. The van der Waals surface area contributed by atoms with Gasteiger partial charge >= 0.3 is 0 Å². The summed E-state index contributed by atoms with van der Waals surface area (Å²) in [6, 6.07) is 3.89. The molecular weight excluding hydrogens is 350 g/mol. The van der Waals surface area contributed by atoms with Crippen LogP contribution in [0.3, 0.4) is 0 Å². The number of carbonyl (C=O) groups is 1. The van der Waals surface area contributed by atoms with Crippen LogP contribution in [0.4, 0.5) is 16.5 Å². The number of hydrogen-bond donors (Lipinski definition) is 3. The minimum absolute atomic E-state index is 0.199. The fourth-order valence-corrected chi connectivity index (χ4v) is 3.36. The van der Waals surface area contributed by atoms with Crippen molar-refractivity contribution in [1.82, 2.24) is 25.0 Å². The van der Waals surface area contributed by atoms with Gasteiger partial charge in [-0.05, 0) is 25.5 Å². The zero-order valence-corrected chi connectivity index (χ0v) is 15.3. The molecular formula is C17H17N7OS. The number of anilines is 3. The first-order valence-electron chi connectivity index (χ1n) is 7.98. The number of aromatic amines is 1. The highest BCUT2D eigenvalue weighted by atomic mass is 32.1. The average Bonchev–Trinajstić information content (AvgIpc) is 3.34. The van der Waals surface area contributed by atoms with E-state index in [-0.39, 0.29) is 5.91 Å². The molecule has 0 spiro atoms.